The SMILES string of the molecule is Cc1cccc2cccc(N3CCc4c(nc(OCC5CCCN5C)nc4N4CCN(C(=O)/C=C/c5ccncc5)[C@@H](CC#N)C4)C3)c12. The number of aryl methyl sites for hydroxylation is 1. The number of amides is 1. The summed E-state index contributed by atoms with van der Waals surface area (Å²) in [5.74, 6) is 0.771. The summed E-state index contributed by atoms with van der Waals surface area (Å²) in [6.07, 6.45) is 10.1. The number of piperazine rings is 1. The number of nitrogens with zero attached hydrogens (tertiary/aromatic N) is 8. The lowest BCUT2D eigenvalue weighted by Gasteiger charge is -2.42. The molecule has 0 radical (unpaired) electrons. The molecule has 0 saturated carbocycles. The topological polar surface area (TPSA) is 102 Å². The molecule has 2 atom stereocenters. The van der Waals surface area contributed by atoms with E-state index in [-0.39, 0.29) is 18.4 Å². The van der Waals surface area contributed by atoms with Crippen LogP contribution in [0.4, 0.5) is 11.5 Å². The number of carbonyl (C=O) groups is 1. The Hall–Kier alpha value is -5.01. The molecule has 3 aliphatic heterocycles. The number of carbonyl (C=O) groups excluding carboxylic acids is 1. The van der Waals surface area contributed by atoms with Crippen LogP contribution in [-0.2, 0) is 17.8 Å². The smallest absolute Gasteiger partial charge is 0.318 e. The number of likely N-dealkylation sites (tertiary alicyclic amines) is 1. The van der Waals surface area contributed by atoms with Crippen LogP contribution in [0.25, 0.3) is 16.8 Å². The molecular formula is C38H42N8O2. The van der Waals surface area contributed by atoms with Crippen LogP contribution in [0.1, 0.15) is 41.6 Å². The predicted molar refractivity (Wildman–Crippen MR) is 188 cm³/mol. The molecule has 2 fully saturated rings. The number of fused-ring (bicyclic) bond motifs is 2. The molecule has 0 N–H and O–H groups in total. The van der Waals surface area contributed by atoms with Crippen molar-refractivity contribution in [1.82, 2.24) is 24.8 Å². The minimum atomic E-state index is -0.265. The van der Waals surface area contributed by atoms with Crippen molar-refractivity contribution in [2.45, 2.75) is 51.2 Å². The van der Waals surface area contributed by atoms with E-state index in [0.717, 1.165) is 48.6 Å². The van der Waals surface area contributed by atoms with E-state index in [9.17, 15) is 10.1 Å². The maximum absolute atomic E-state index is 13.4. The third-order valence-electron chi connectivity index (χ3n) is 10.0. The Bertz CT molecular complexity index is 1850. The highest BCUT2D eigenvalue weighted by Crippen LogP contribution is 2.36. The second-order valence-electron chi connectivity index (χ2n) is 13.1. The van der Waals surface area contributed by atoms with Crippen molar-refractivity contribution in [1.29, 1.82) is 5.26 Å². The van der Waals surface area contributed by atoms with Crippen LogP contribution in [-0.4, -0.2) is 89.1 Å². The van der Waals surface area contributed by atoms with Crippen LogP contribution in [0, 0.1) is 18.3 Å². The normalized spacial score (nSPS) is 19.9. The van der Waals surface area contributed by atoms with E-state index >= 15 is 0 Å². The van der Waals surface area contributed by atoms with Gasteiger partial charge in [0.05, 0.1) is 30.8 Å². The fraction of sp³-hybridized carbons (Fsp3) is 0.395. The number of hydrogen-bond donors (Lipinski definition) is 0. The second kappa shape index (κ2) is 14.0. The largest absolute Gasteiger partial charge is 0.462 e. The third kappa shape index (κ3) is 6.56. The molecule has 1 amide bonds. The molecule has 2 aromatic carbocycles. The first-order valence-corrected chi connectivity index (χ1v) is 16.9. The molecule has 48 heavy (non-hydrogen) atoms. The number of hydrogen-bond acceptors (Lipinski definition) is 9. The van der Waals surface area contributed by atoms with Gasteiger partial charge in [0, 0.05) is 67.3 Å². The van der Waals surface area contributed by atoms with Crippen LogP contribution in [0.3, 0.4) is 0 Å². The van der Waals surface area contributed by atoms with Crippen LogP contribution >= 0.6 is 0 Å². The molecule has 1 unspecified atom stereocenters. The summed E-state index contributed by atoms with van der Waals surface area (Å²) in [4.78, 5) is 36.3. The van der Waals surface area contributed by atoms with Crippen molar-refractivity contribution in [2.75, 3.05) is 56.2 Å². The predicted octanol–water partition coefficient (Wildman–Crippen LogP) is 5.01. The number of nitriles is 1. The lowest BCUT2D eigenvalue weighted by molar-refractivity contribution is -0.128. The standard InChI is InChI=1S/C38H42N8O2/c1-27-6-3-7-29-8-4-10-34(36(27)29)44-21-16-32-33(25-44)41-38(48-26-31-9-5-20-43(31)2)42-37(32)45-22-23-46(30(24-45)13-17-39)35(47)12-11-28-14-18-40-19-15-28/h3-4,6-8,10-12,14-15,18-19,30-31H,5,9,13,16,20-26H2,1-2H3/b12-11+/t30-,31?/m0/s1. The van der Waals surface area contributed by atoms with Crippen LogP contribution in [0.5, 0.6) is 6.01 Å². The van der Waals surface area contributed by atoms with Gasteiger partial charge in [0.2, 0.25) is 5.91 Å². The maximum atomic E-state index is 13.4. The summed E-state index contributed by atoms with van der Waals surface area (Å²) in [7, 11) is 2.15. The molecule has 0 aliphatic carbocycles. The van der Waals surface area contributed by atoms with Gasteiger partial charge in [0.15, 0.2) is 0 Å². The molecule has 0 spiro atoms. The molecule has 7 rings (SSSR count). The number of aromatic nitrogens is 3. The quantitative estimate of drug-likeness (QED) is 0.246. The van der Waals surface area contributed by atoms with Crippen molar-refractivity contribution in [3.8, 4) is 12.1 Å². The lowest BCUT2D eigenvalue weighted by atomic mass is 9.99. The zero-order valence-electron chi connectivity index (χ0n) is 27.8. The molecule has 10 nitrogen and oxygen atoms in total. The van der Waals surface area contributed by atoms with Gasteiger partial charge in [-0.15, -0.1) is 0 Å². The molecule has 5 heterocycles. The number of ether oxygens (including phenoxy) is 1. The van der Waals surface area contributed by atoms with Gasteiger partial charge in [-0.05, 0) is 80.6 Å². The van der Waals surface area contributed by atoms with Crippen LogP contribution < -0.4 is 14.5 Å². The van der Waals surface area contributed by atoms with Crippen molar-refractivity contribution >= 4 is 34.3 Å². The number of benzene rings is 2. The van der Waals surface area contributed by atoms with E-state index in [4.69, 9.17) is 14.7 Å². The van der Waals surface area contributed by atoms with Crippen LogP contribution in [0.15, 0.2) is 67.0 Å². The van der Waals surface area contributed by atoms with Gasteiger partial charge < -0.3 is 24.3 Å². The van der Waals surface area contributed by atoms with Gasteiger partial charge in [-0.3, -0.25) is 9.78 Å². The van der Waals surface area contributed by atoms with Crippen molar-refractivity contribution < 1.29 is 9.53 Å². The van der Waals surface area contributed by atoms with Gasteiger partial charge in [-0.2, -0.15) is 15.2 Å². The summed E-state index contributed by atoms with van der Waals surface area (Å²) in [5.41, 5.74) is 5.48. The number of rotatable bonds is 8. The Morgan fingerprint density at radius 2 is 1.85 bits per heavy atom. The Balaban J connectivity index is 1.18. The number of anilines is 2. The Morgan fingerprint density at radius 3 is 2.65 bits per heavy atom. The van der Waals surface area contributed by atoms with Gasteiger partial charge in [-0.25, -0.2) is 0 Å². The first kappa shape index (κ1) is 31.6. The van der Waals surface area contributed by atoms with Crippen LogP contribution in [0.2, 0.25) is 0 Å². The van der Waals surface area contributed by atoms with Gasteiger partial charge >= 0.3 is 6.01 Å². The summed E-state index contributed by atoms with van der Waals surface area (Å²) in [6.45, 7) is 6.90. The van der Waals surface area contributed by atoms with Gasteiger partial charge in [0.1, 0.15) is 12.4 Å². The highest BCUT2D eigenvalue weighted by Gasteiger charge is 2.34. The van der Waals surface area contributed by atoms with Gasteiger partial charge in [-0.1, -0.05) is 30.3 Å². The molecule has 0 bridgehead atoms. The minimum Gasteiger partial charge on any atom is -0.462 e. The van der Waals surface area contributed by atoms with E-state index in [1.54, 1.807) is 24.5 Å². The van der Waals surface area contributed by atoms with E-state index in [1.165, 1.54) is 28.4 Å². The van der Waals surface area contributed by atoms with E-state index < -0.39 is 0 Å². The summed E-state index contributed by atoms with van der Waals surface area (Å²) in [5, 5.41) is 12.3. The fourth-order valence-corrected chi connectivity index (χ4v) is 7.41. The second-order valence-corrected chi connectivity index (χ2v) is 13.1. The first-order chi connectivity index (χ1) is 23.5. The summed E-state index contributed by atoms with van der Waals surface area (Å²) < 4.78 is 6.36. The van der Waals surface area contributed by atoms with Gasteiger partial charge in [0.25, 0.3) is 0 Å². The van der Waals surface area contributed by atoms with E-state index in [1.807, 2.05) is 17.0 Å². The molecule has 2 saturated heterocycles. The monoisotopic (exact) mass is 642 g/mol. The average molecular weight is 643 g/mol. The molecule has 4 aromatic rings. The Morgan fingerprint density at radius 1 is 1.02 bits per heavy atom. The average Bonchev–Trinajstić information content (AvgIpc) is 3.53. The molecule has 10 heteroatoms. The van der Waals surface area contributed by atoms with Crippen molar-refractivity contribution in [3.63, 3.8) is 0 Å². The van der Waals surface area contributed by atoms with Crippen molar-refractivity contribution in [3.05, 3.63) is 89.4 Å². The Kier molecular flexibility index (Phi) is 9.21. The first-order valence-electron chi connectivity index (χ1n) is 16.9. The Labute approximate surface area is 282 Å². The molecule has 2 aromatic heterocycles. The molecule has 3 aliphatic rings. The highest BCUT2D eigenvalue weighted by molar-refractivity contribution is 5.97. The highest BCUT2D eigenvalue weighted by atomic mass is 16.5. The zero-order valence-corrected chi connectivity index (χ0v) is 27.8. The zero-order chi connectivity index (χ0) is 33.0. The maximum Gasteiger partial charge on any atom is 0.318 e. The molecular weight excluding hydrogens is 600 g/mol. The van der Waals surface area contributed by atoms with E-state index in [0.29, 0.717) is 44.8 Å². The summed E-state index contributed by atoms with van der Waals surface area (Å²) in [6, 6.07) is 19.5. The lowest BCUT2D eigenvalue weighted by Crippen LogP contribution is -2.55. The van der Waals surface area contributed by atoms with E-state index in [2.05, 4.69) is 76.1 Å². The van der Waals surface area contributed by atoms with Crippen molar-refractivity contribution in [2.24, 2.45) is 0 Å². The number of pyridine rings is 1. The summed E-state index contributed by atoms with van der Waals surface area (Å²) >= 11 is 0. The fourth-order valence-electron chi connectivity index (χ4n) is 7.41. The number of likely N-dealkylation sites (N-methyl/N-ethyl adjacent to an activating group) is 1. The molecule has 246 valence electrons. The third-order valence-corrected chi connectivity index (χ3v) is 10.0. The minimum absolute atomic E-state index is 0.0952.